The number of carboxylic acid groups (broad SMARTS) is 1. The Morgan fingerprint density at radius 1 is 0.767 bits per heavy atom. The molecule has 0 aliphatic carbocycles. The second-order valence-corrected chi connectivity index (χ2v) is 10.4. The Balaban J connectivity index is 0.000000567. The molecule has 0 amide bonds. The summed E-state index contributed by atoms with van der Waals surface area (Å²) in [6.45, 7) is 13.3. The first-order valence-corrected chi connectivity index (χ1v) is 14.2. The van der Waals surface area contributed by atoms with Crippen LogP contribution < -0.4 is 5.11 Å². The van der Waals surface area contributed by atoms with Crippen LogP contribution in [0.1, 0.15) is 67.2 Å². The molecule has 5 aliphatic rings. The third-order valence-electron chi connectivity index (χ3n) is 7.84. The monoisotopic (exact) mass is 634 g/mol. The standard InChI is InChI=1S/C31H35N4.C2HF3O2.Ni/c1-8-22-18(5)26-13-20-12-21(35(7)17-20)14-27-19(6)23(9-2)29(33-27)16-31-25(11-4)24(10-3)30(34-31)15-28(22)32-26;3-2(4,5)1(6)7;/h12-17H,8-11H2,1-7H3;(H,6,7);/q-1;;+2/p-1. The molecule has 0 aromatic carbocycles. The van der Waals surface area contributed by atoms with Crippen LogP contribution in [0, 0.1) is 6.42 Å². The van der Waals surface area contributed by atoms with E-state index < -0.39 is 12.1 Å². The maximum Gasteiger partial charge on any atom is 2.00 e. The Kier molecular flexibility index (Phi) is 10.5. The van der Waals surface area contributed by atoms with E-state index in [9.17, 15) is 13.2 Å². The molecule has 8 bridgehead atoms. The molecule has 0 saturated carbocycles. The Hall–Kier alpha value is -3.65. The zero-order chi connectivity index (χ0) is 30.9. The first kappa shape index (κ1) is 33.9. The number of hydrogen-bond acceptors (Lipinski definition) is 6. The molecule has 0 radical (unpaired) electrons. The van der Waals surface area contributed by atoms with Gasteiger partial charge in [-0.25, -0.2) is 4.99 Å². The zero-order valence-electron chi connectivity index (χ0n) is 25.3. The van der Waals surface area contributed by atoms with Gasteiger partial charge in [0.25, 0.3) is 0 Å². The van der Waals surface area contributed by atoms with Crippen molar-refractivity contribution in [1.29, 1.82) is 0 Å². The van der Waals surface area contributed by atoms with E-state index in [2.05, 4.69) is 90.4 Å². The molecule has 0 spiro atoms. The largest absolute Gasteiger partial charge is 2.00 e. The van der Waals surface area contributed by atoms with Gasteiger partial charge < -0.3 is 14.8 Å². The van der Waals surface area contributed by atoms with E-state index in [1.807, 2.05) is 0 Å². The van der Waals surface area contributed by atoms with E-state index in [4.69, 9.17) is 24.9 Å². The maximum absolute atomic E-state index is 10.5. The van der Waals surface area contributed by atoms with Crippen LogP contribution in [0.3, 0.4) is 0 Å². The molecule has 6 nitrogen and oxygen atoms in total. The quantitative estimate of drug-likeness (QED) is 0.252. The van der Waals surface area contributed by atoms with Crippen LogP contribution in [0.15, 0.2) is 107 Å². The summed E-state index contributed by atoms with van der Waals surface area (Å²) in [6.07, 6.45) is 11.9. The predicted octanol–water partition coefficient (Wildman–Crippen LogP) is 6.80. The van der Waals surface area contributed by atoms with Crippen LogP contribution in [0.25, 0.3) is 0 Å². The molecule has 5 heterocycles. The fourth-order valence-electron chi connectivity index (χ4n) is 5.66. The summed E-state index contributed by atoms with van der Waals surface area (Å²) >= 11 is 0. The van der Waals surface area contributed by atoms with Gasteiger partial charge in [-0.1, -0.05) is 40.0 Å². The summed E-state index contributed by atoms with van der Waals surface area (Å²) in [6, 6.07) is 0. The van der Waals surface area contributed by atoms with Crippen LogP contribution in [0.4, 0.5) is 13.2 Å². The molecular formula is C33H35F3N4NiO2. The van der Waals surface area contributed by atoms with Gasteiger partial charge in [-0.15, -0.1) is 18.1 Å². The van der Waals surface area contributed by atoms with E-state index in [-0.39, 0.29) is 16.5 Å². The van der Waals surface area contributed by atoms with Crippen molar-refractivity contribution in [1.82, 2.24) is 4.90 Å². The molecule has 0 aromatic rings. The van der Waals surface area contributed by atoms with E-state index >= 15 is 0 Å². The van der Waals surface area contributed by atoms with Gasteiger partial charge in [-0.2, -0.15) is 13.2 Å². The summed E-state index contributed by atoms with van der Waals surface area (Å²) in [5, 5.41) is 8.78. The molecule has 0 atom stereocenters. The van der Waals surface area contributed by atoms with Gasteiger partial charge in [0.2, 0.25) is 0 Å². The zero-order valence-corrected chi connectivity index (χ0v) is 26.3. The van der Waals surface area contributed by atoms with E-state index in [0.29, 0.717) is 0 Å². The van der Waals surface area contributed by atoms with Crippen molar-refractivity contribution in [2.24, 2.45) is 15.0 Å². The predicted molar refractivity (Wildman–Crippen MR) is 159 cm³/mol. The smallest absolute Gasteiger partial charge is 0.542 e. The first-order valence-electron chi connectivity index (χ1n) is 14.2. The van der Waals surface area contributed by atoms with Gasteiger partial charge in [0, 0.05) is 11.4 Å². The van der Waals surface area contributed by atoms with Crippen molar-refractivity contribution >= 4 is 23.1 Å². The summed E-state index contributed by atoms with van der Waals surface area (Å²) in [7, 11) is 2.10. The van der Waals surface area contributed by atoms with Gasteiger partial charge >= 0.3 is 22.7 Å². The second kappa shape index (κ2) is 13.3. The molecule has 5 rings (SSSR count). The fraction of sp³-hybridized carbons (Fsp3) is 0.364. The number of fused-ring (bicyclic) bond motifs is 5. The number of aliphatic carboxylic acids is 1. The molecule has 0 saturated heterocycles. The van der Waals surface area contributed by atoms with Crippen molar-refractivity contribution in [3.8, 4) is 0 Å². The van der Waals surface area contributed by atoms with Crippen LogP contribution in [-0.4, -0.2) is 41.2 Å². The van der Waals surface area contributed by atoms with Crippen molar-refractivity contribution < 1.29 is 39.6 Å². The van der Waals surface area contributed by atoms with Crippen molar-refractivity contribution in [3.05, 3.63) is 98.7 Å². The van der Waals surface area contributed by atoms with Crippen molar-refractivity contribution in [3.63, 3.8) is 0 Å². The number of allylic oxidation sites excluding steroid dienone is 11. The minimum absolute atomic E-state index is 0. The normalized spacial score (nSPS) is 19.3. The van der Waals surface area contributed by atoms with Crippen LogP contribution in [-0.2, 0) is 21.3 Å². The van der Waals surface area contributed by atoms with Crippen molar-refractivity contribution in [2.45, 2.75) is 73.4 Å². The average Bonchev–Trinajstić information content (AvgIpc) is 3.62. The summed E-state index contributed by atoms with van der Waals surface area (Å²) < 4.78 is 31.5. The maximum atomic E-state index is 10.5. The summed E-state index contributed by atoms with van der Waals surface area (Å²) in [4.78, 5) is 26.3. The minimum Gasteiger partial charge on any atom is -0.542 e. The van der Waals surface area contributed by atoms with Crippen LogP contribution >= 0.6 is 0 Å². The number of halogens is 3. The Bertz CT molecular complexity index is 1570. The van der Waals surface area contributed by atoms with Crippen LogP contribution in [0.5, 0.6) is 0 Å². The molecule has 0 aromatic heterocycles. The molecule has 43 heavy (non-hydrogen) atoms. The Labute approximate surface area is 261 Å². The number of carbonyl (C=O) groups is 1. The fourth-order valence-corrected chi connectivity index (χ4v) is 5.66. The van der Waals surface area contributed by atoms with E-state index in [1.54, 1.807) is 0 Å². The van der Waals surface area contributed by atoms with Gasteiger partial charge in [-0.05, 0) is 97.9 Å². The molecule has 10 heteroatoms. The van der Waals surface area contributed by atoms with Gasteiger partial charge in [0.05, 0.1) is 22.8 Å². The molecule has 5 aliphatic heterocycles. The summed E-state index contributed by atoms with van der Waals surface area (Å²) in [5.41, 5.74) is 16.4. The number of aliphatic imine (C=N–C) groups is 3. The van der Waals surface area contributed by atoms with Gasteiger partial charge in [0.15, 0.2) is 0 Å². The molecular weight excluding hydrogens is 600 g/mol. The number of alkyl halides is 3. The van der Waals surface area contributed by atoms with E-state index in [0.717, 1.165) is 71.2 Å². The molecule has 0 fully saturated rings. The molecule has 230 valence electrons. The average molecular weight is 635 g/mol. The van der Waals surface area contributed by atoms with Gasteiger partial charge in [0.1, 0.15) is 5.97 Å². The first-order chi connectivity index (χ1) is 19.8. The van der Waals surface area contributed by atoms with Crippen LogP contribution in [0.2, 0.25) is 0 Å². The number of carboxylic acids is 1. The second-order valence-electron chi connectivity index (χ2n) is 10.4. The number of rotatable bonds is 4. The Morgan fingerprint density at radius 2 is 1.26 bits per heavy atom. The third kappa shape index (κ3) is 6.80. The Morgan fingerprint density at radius 3 is 1.79 bits per heavy atom. The van der Waals surface area contributed by atoms with Crippen molar-refractivity contribution in [2.75, 3.05) is 7.05 Å². The minimum atomic E-state index is -5.19. The number of carbonyl (C=O) groups excluding carboxylic acids is 1. The van der Waals surface area contributed by atoms with Gasteiger partial charge in [-0.3, -0.25) is 9.98 Å². The topological polar surface area (TPSA) is 80.5 Å². The molecule has 0 N–H and O–H groups in total. The summed E-state index contributed by atoms with van der Waals surface area (Å²) in [5.74, 6) is -3.01. The third-order valence-corrected chi connectivity index (χ3v) is 7.84. The number of nitrogens with zero attached hydrogens (tertiary/aromatic N) is 4. The molecule has 0 unspecified atom stereocenters. The van der Waals surface area contributed by atoms with E-state index in [1.165, 1.54) is 33.4 Å². The number of hydrogen-bond donors (Lipinski definition) is 0. The SMILES string of the molecule is CCC1=C(C)C2=NC1=CC1=NC(=CC3=NC(=CC4=CN(C)C(=C2)[CH-]4)C(C)=C3CC)C(CC)=C1CC.O=C([O-])C(F)(F)F.[Ni+2].